The first kappa shape index (κ1) is 14.6. The number of hydrogen-bond acceptors (Lipinski definition) is 4. The third-order valence-corrected chi connectivity index (χ3v) is 5.26. The number of nitrogens with zero attached hydrogens (tertiary/aromatic N) is 2. The lowest BCUT2D eigenvalue weighted by Crippen LogP contribution is -2.49. The van der Waals surface area contributed by atoms with E-state index in [0.29, 0.717) is 22.6 Å². The molecule has 2 aliphatic carbocycles. The minimum atomic E-state index is -0.785. The summed E-state index contributed by atoms with van der Waals surface area (Å²) >= 11 is 0. The summed E-state index contributed by atoms with van der Waals surface area (Å²) in [5, 5.41) is 13.5. The van der Waals surface area contributed by atoms with E-state index in [1.807, 2.05) is 6.92 Å². The summed E-state index contributed by atoms with van der Waals surface area (Å²) in [6.07, 6.45) is 9.26. The Morgan fingerprint density at radius 3 is 2.87 bits per heavy atom. The first-order chi connectivity index (χ1) is 11.1. The van der Waals surface area contributed by atoms with Crippen LogP contribution >= 0.6 is 0 Å². The highest BCUT2D eigenvalue weighted by molar-refractivity contribution is 6.04. The van der Waals surface area contributed by atoms with Gasteiger partial charge in [-0.25, -0.2) is 9.97 Å². The smallest absolute Gasteiger partial charge is 0.255 e. The molecule has 0 saturated heterocycles. The fourth-order valence-corrected chi connectivity index (χ4v) is 3.48. The number of fused-ring (bicyclic) bond motifs is 1. The molecule has 23 heavy (non-hydrogen) atoms. The molecule has 2 saturated carbocycles. The van der Waals surface area contributed by atoms with E-state index >= 15 is 0 Å². The molecule has 6 heteroatoms. The Balaban J connectivity index is 1.58. The van der Waals surface area contributed by atoms with Crippen molar-refractivity contribution in [1.82, 2.24) is 20.3 Å². The van der Waals surface area contributed by atoms with Crippen LogP contribution in [0.3, 0.4) is 0 Å². The zero-order valence-electron chi connectivity index (χ0n) is 13.3. The number of nitrogens with one attached hydrogen (secondary N) is 2. The third-order valence-electron chi connectivity index (χ3n) is 5.26. The summed E-state index contributed by atoms with van der Waals surface area (Å²) in [6.45, 7) is 1.87. The van der Waals surface area contributed by atoms with Crippen LogP contribution in [0.15, 0.2) is 12.4 Å². The highest BCUT2D eigenvalue weighted by atomic mass is 16.3. The average molecular weight is 314 g/mol. The topological polar surface area (TPSA) is 90.9 Å². The van der Waals surface area contributed by atoms with Gasteiger partial charge in [0.1, 0.15) is 5.52 Å². The van der Waals surface area contributed by atoms with Crippen LogP contribution < -0.4 is 5.32 Å². The van der Waals surface area contributed by atoms with Gasteiger partial charge in [0, 0.05) is 12.1 Å². The molecule has 0 unspecified atom stereocenters. The minimum absolute atomic E-state index is 0.202. The average Bonchev–Trinajstić information content (AvgIpc) is 3.15. The van der Waals surface area contributed by atoms with Crippen LogP contribution in [0.25, 0.3) is 11.2 Å². The van der Waals surface area contributed by atoms with Gasteiger partial charge in [0.25, 0.3) is 5.91 Å². The monoisotopic (exact) mass is 314 g/mol. The summed E-state index contributed by atoms with van der Waals surface area (Å²) in [5.41, 5.74) is 1.94. The predicted molar refractivity (Wildman–Crippen MR) is 86.2 cm³/mol. The number of aromatic nitrogens is 3. The molecule has 6 nitrogen and oxygen atoms in total. The molecule has 0 aliphatic heterocycles. The number of carbonyl (C=O) groups is 1. The largest absolute Gasteiger partial charge is 0.388 e. The van der Waals surface area contributed by atoms with Gasteiger partial charge in [-0.1, -0.05) is 12.8 Å². The number of hydrogen-bond donors (Lipinski definition) is 3. The highest BCUT2D eigenvalue weighted by Crippen LogP contribution is 2.39. The van der Waals surface area contributed by atoms with Crippen molar-refractivity contribution in [2.24, 2.45) is 0 Å². The lowest BCUT2D eigenvalue weighted by molar-refractivity contribution is 0.0140. The summed E-state index contributed by atoms with van der Waals surface area (Å²) in [7, 11) is 0. The van der Waals surface area contributed by atoms with Crippen molar-refractivity contribution in [3.05, 3.63) is 23.7 Å². The molecular weight excluding hydrogens is 292 g/mol. The van der Waals surface area contributed by atoms with E-state index in [9.17, 15) is 9.90 Å². The van der Waals surface area contributed by atoms with Crippen molar-refractivity contribution < 1.29 is 9.90 Å². The van der Waals surface area contributed by atoms with E-state index in [4.69, 9.17) is 0 Å². The number of rotatable bonds is 4. The Bertz CT molecular complexity index is 744. The molecule has 0 radical (unpaired) electrons. The number of amides is 1. The standard InChI is InChI=1S/C17H22N4O2/c1-10(17(23)6-2-3-7-17)20-16(22)12-8-18-15-14(12)21-13(9-19-15)11-4-5-11/h8-11,23H,2-7H2,1H3,(H,18,19)(H,20,22)/t10-/m1/s1. The second-order valence-corrected chi connectivity index (χ2v) is 6.97. The van der Waals surface area contributed by atoms with E-state index in [1.54, 1.807) is 12.4 Å². The van der Waals surface area contributed by atoms with E-state index in [0.717, 1.165) is 44.2 Å². The highest BCUT2D eigenvalue weighted by Gasteiger charge is 2.38. The molecule has 2 fully saturated rings. The third kappa shape index (κ3) is 2.61. The Hall–Kier alpha value is -1.95. The molecule has 3 N–H and O–H groups in total. The molecule has 0 bridgehead atoms. The Morgan fingerprint density at radius 1 is 1.43 bits per heavy atom. The maximum atomic E-state index is 12.6. The number of aromatic amines is 1. The van der Waals surface area contributed by atoms with E-state index in [1.165, 1.54) is 0 Å². The Morgan fingerprint density at radius 2 is 2.17 bits per heavy atom. The second kappa shape index (κ2) is 5.30. The van der Waals surface area contributed by atoms with Gasteiger partial charge >= 0.3 is 0 Å². The lowest BCUT2D eigenvalue weighted by Gasteiger charge is -2.30. The SMILES string of the molecule is C[C@@H](NC(=O)c1c[nH]c2ncc(C3CC3)nc12)C1(O)CCCC1. The molecule has 2 heterocycles. The first-order valence-electron chi connectivity index (χ1n) is 8.44. The van der Waals surface area contributed by atoms with Gasteiger partial charge in [-0.2, -0.15) is 0 Å². The van der Waals surface area contributed by atoms with Crippen molar-refractivity contribution in [3.63, 3.8) is 0 Å². The van der Waals surface area contributed by atoms with Gasteiger partial charge in [-0.05, 0) is 32.6 Å². The van der Waals surface area contributed by atoms with Gasteiger partial charge in [0.2, 0.25) is 0 Å². The summed E-state index contributed by atoms with van der Waals surface area (Å²) in [4.78, 5) is 24.6. The number of carbonyl (C=O) groups excluding carboxylic acids is 1. The number of H-pyrrole nitrogens is 1. The summed E-state index contributed by atoms with van der Waals surface area (Å²) in [6, 6.07) is -0.276. The maximum Gasteiger partial charge on any atom is 0.255 e. The molecule has 0 spiro atoms. The van der Waals surface area contributed by atoms with Gasteiger partial charge in [-0.15, -0.1) is 0 Å². The molecule has 4 rings (SSSR count). The summed E-state index contributed by atoms with van der Waals surface area (Å²) in [5.74, 6) is 0.294. The molecule has 1 amide bonds. The van der Waals surface area contributed by atoms with Crippen LogP contribution in [-0.4, -0.2) is 37.6 Å². The molecule has 1 atom stereocenters. The van der Waals surface area contributed by atoms with Crippen LogP contribution in [0.1, 0.15) is 67.4 Å². The normalized spacial score (nSPS) is 21.5. The van der Waals surface area contributed by atoms with Crippen molar-refractivity contribution in [2.75, 3.05) is 0 Å². The Labute approximate surface area is 134 Å². The van der Waals surface area contributed by atoms with Gasteiger partial charge in [0.15, 0.2) is 5.65 Å². The number of aliphatic hydroxyl groups is 1. The molecule has 2 aromatic rings. The Kier molecular flexibility index (Phi) is 3.37. The van der Waals surface area contributed by atoms with Crippen molar-refractivity contribution >= 4 is 17.1 Å². The van der Waals surface area contributed by atoms with Crippen LogP contribution in [-0.2, 0) is 0 Å². The van der Waals surface area contributed by atoms with Gasteiger partial charge in [-0.3, -0.25) is 4.79 Å². The fourth-order valence-electron chi connectivity index (χ4n) is 3.48. The molecule has 122 valence electrons. The molecule has 0 aromatic carbocycles. The first-order valence-corrected chi connectivity index (χ1v) is 8.44. The van der Waals surface area contributed by atoms with Gasteiger partial charge in [0.05, 0.1) is 29.1 Å². The quantitative estimate of drug-likeness (QED) is 0.807. The molecule has 2 aromatic heterocycles. The molecule has 2 aliphatic rings. The zero-order valence-corrected chi connectivity index (χ0v) is 13.3. The lowest BCUT2D eigenvalue weighted by atomic mass is 9.93. The van der Waals surface area contributed by atoms with E-state index in [-0.39, 0.29) is 11.9 Å². The van der Waals surface area contributed by atoms with E-state index < -0.39 is 5.60 Å². The fraction of sp³-hybridized carbons (Fsp3) is 0.588. The van der Waals surface area contributed by atoms with Crippen LogP contribution in [0.4, 0.5) is 0 Å². The van der Waals surface area contributed by atoms with Gasteiger partial charge < -0.3 is 15.4 Å². The van der Waals surface area contributed by atoms with Crippen LogP contribution in [0.5, 0.6) is 0 Å². The van der Waals surface area contributed by atoms with Crippen LogP contribution in [0, 0.1) is 0 Å². The van der Waals surface area contributed by atoms with E-state index in [2.05, 4.69) is 20.3 Å². The zero-order chi connectivity index (χ0) is 16.0. The maximum absolute atomic E-state index is 12.6. The molecular formula is C17H22N4O2. The second-order valence-electron chi connectivity index (χ2n) is 6.97. The predicted octanol–water partition coefficient (Wildman–Crippen LogP) is 2.26. The van der Waals surface area contributed by atoms with Crippen LogP contribution in [0.2, 0.25) is 0 Å². The van der Waals surface area contributed by atoms with Crippen molar-refractivity contribution in [1.29, 1.82) is 0 Å². The summed E-state index contributed by atoms with van der Waals surface area (Å²) < 4.78 is 0. The van der Waals surface area contributed by atoms with Crippen molar-refractivity contribution in [2.45, 2.75) is 63.0 Å². The minimum Gasteiger partial charge on any atom is -0.388 e. The van der Waals surface area contributed by atoms with Crippen molar-refractivity contribution in [3.8, 4) is 0 Å².